The van der Waals surface area contributed by atoms with Gasteiger partial charge in [0.05, 0.1) is 0 Å². The van der Waals surface area contributed by atoms with Crippen LogP contribution in [0.3, 0.4) is 0 Å². The third-order valence-corrected chi connectivity index (χ3v) is 3.45. The fourth-order valence-corrected chi connectivity index (χ4v) is 2.75. The molecule has 0 saturated heterocycles. The van der Waals surface area contributed by atoms with Crippen molar-refractivity contribution in [2.24, 2.45) is 13.0 Å². The minimum atomic E-state index is 0.592. The smallest absolute Gasteiger partial charge is 0.0482 e. The van der Waals surface area contributed by atoms with Crippen LogP contribution in [0.25, 0.3) is 10.9 Å². The maximum atomic E-state index is 2.38. The van der Waals surface area contributed by atoms with Crippen LogP contribution in [0.2, 0.25) is 0 Å². The van der Waals surface area contributed by atoms with E-state index in [1.807, 2.05) is 0 Å². The first kappa shape index (κ1) is 12.2. The predicted molar refractivity (Wildman–Crippen MR) is 75.6 cm³/mol. The SMILES string of the molecule is CC(C)Cc1c(C(C)C)c2ccccc2n1C. The lowest BCUT2D eigenvalue weighted by molar-refractivity contribution is 0.610. The zero-order valence-corrected chi connectivity index (χ0v) is 11.6. The molecule has 1 nitrogen and oxygen atoms in total. The van der Waals surface area contributed by atoms with Gasteiger partial charge in [-0.3, -0.25) is 0 Å². The van der Waals surface area contributed by atoms with Crippen LogP contribution in [0.1, 0.15) is 44.9 Å². The average Bonchev–Trinajstić information content (AvgIpc) is 2.52. The quantitative estimate of drug-likeness (QED) is 0.730. The van der Waals surface area contributed by atoms with Crippen LogP contribution in [0, 0.1) is 5.92 Å². The molecule has 0 spiro atoms. The van der Waals surface area contributed by atoms with E-state index in [1.165, 1.54) is 28.6 Å². The number of nitrogens with zero attached hydrogens (tertiary/aromatic N) is 1. The van der Waals surface area contributed by atoms with E-state index < -0.39 is 0 Å². The molecule has 0 bridgehead atoms. The Morgan fingerprint density at radius 3 is 2.29 bits per heavy atom. The number of aromatic nitrogens is 1. The number of fused-ring (bicyclic) bond motifs is 1. The molecular weight excluding hydrogens is 206 g/mol. The Morgan fingerprint density at radius 1 is 1.06 bits per heavy atom. The largest absolute Gasteiger partial charge is 0.347 e. The zero-order valence-electron chi connectivity index (χ0n) is 11.6. The lowest BCUT2D eigenvalue weighted by atomic mass is 9.95. The summed E-state index contributed by atoms with van der Waals surface area (Å²) in [6.45, 7) is 9.18. The molecule has 1 heteroatoms. The van der Waals surface area contributed by atoms with Gasteiger partial charge < -0.3 is 4.57 Å². The highest BCUT2D eigenvalue weighted by Crippen LogP contribution is 2.32. The first-order valence-electron chi connectivity index (χ1n) is 6.58. The molecule has 0 unspecified atom stereocenters. The van der Waals surface area contributed by atoms with Gasteiger partial charge in [-0.1, -0.05) is 45.9 Å². The third-order valence-electron chi connectivity index (χ3n) is 3.45. The summed E-state index contributed by atoms with van der Waals surface area (Å²) in [5, 5.41) is 1.43. The molecule has 0 saturated carbocycles. The topological polar surface area (TPSA) is 4.93 Å². The molecule has 0 N–H and O–H groups in total. The molecule has 92 valence electrons. The number of hydrogen-bond donors (Lipinski definition) is 0. The van der Waals surface area contributed by atoms with Gasteiger partial charge in [0, 0.05) is 23.6 Å². The first-order valence-corrected chi connectivity index (χ1v) is 6.58. The van der Waals surface area contributed by atoms with Gasteiger partial charge >= 0.3 is 0 Å². The van der Waals surface area contributed by atoms with Crippen molar-refractivity contribution in [2.45, 2.75) is 40.0 Å². The van der Waals surface area contributed by atoms with E-state index in [-0.39, 0.29) is 0 Å². The van der Waals surface area contributed by atoms with Gasteiger partial charge in [-0.25, -0.2) is 0 Å². The summed E-state index contributed by atoms with van der Waals surface area (Å²) in [4.78, 5) is 0. The lowest BCUT2D eigenvalue weighted by Crippen LogP contribution is -2.04. The van der Waals surface area contributed by atoms with Gasteiger partial charge in [-0.2, -0.15) is 0 Å². The maximum absolute atomic E-state index is 2.38. The van der Waals surface area contributed by atoms with Crippen LogP contribution in [0.5, 0.6) is 0 Å². The molecular formula is C16H23N. The monoisotopic (exact) mass is 229 g/mol. The van der Waals surface area contributed by atoms with Gasteiger partial charge in [-0.05, 0) is 29.9 Å². The number of rotatable bonds is 3. The molecule has 1 heterocycles. The molecule has 2 rings (SSSR count). The van der Waals surface area contributed by atoms with Gasteiger partial charge in [0.2, 0.25) is 0 Å². The Kier molecular flexibility index (Phi) is 3.28. The number of aryl methyl sites for hydroxylation is 1. The van der Waals surface area contributed by atoms with E-state index in [2.05, 4.69) is 63.6 Å². The molecule has 17 heavy (non-hydrogen) atoms. The highest BCUT2D eigenvalue weighted by Gasteiger charge is 2.17. The van der Waals surface area contributed by atoms with Crippen molar-refractivity contribution in [3.8, 4) is 0 Å². The molecule has 0 atom stereocenters. The summed E-state index contributed by atoms with van der Waals surface area (Å²) in [5.74, 6) is 1.30. The molecule has 0 amide bonds. The van der Waals surface area contributed by atoms with E-state index in [0.717, 1.165) is 0 Å². The van der Waals surface area contributed by atoms with Crippen molar-refractivity contribution in [3.05, 3.63) is 35.5 Å². The highest BCUT2D eigenvalue weighted by molar-refractivity contribution is 5.86. The highest BCUT2D eigenvalue weighted by atomic mass is 14.9. The Labute approximate surface area is 104 Å². The van der Waals surface area contributed by atoms with E-state index in [1.54, 1.807) is 0 Å². The summed E-state index contributed by atoms with van der Waals surface area (Å²) >= 11 is 0. The molecule has 1 aromatic heterocycles. The summed E-state index contributed by atoms with van der Waals surface area (Å²) in [5.41, 5.74) is 4.42. The fraction of sp³-hybridized carbons (Fsp3) is 0.500. The molecule has 0 radical (unpaired) electrons. The predicted octanol–water partition coefficient (Wildman–Crippen LogP) is 4.50. The Balaban J connectivity index is 2.71. The van der Waals surface area contributed by atoms with Crippen molar-refractivity contribution < 1.29 is 0 Å². The molecule has 0 aliphatic rings. The van der Waals surface area contributed by atoms with Gasteiger partial charge in [0.25, 0.3) is 0 Å². The fourth-order valence-electron chi connectivity index (χ4n) is 2.75. The van der Waals surface area contributed by atoms with E-state index in [4.69, 9.17) is 0 Å². The molecule has 1 aromatic carbocycles. The van der Waals surface area contributed by atoms with Crippen molar-refractivity contribution in [2.75, 3.05) is 0 Å². The lowest BCUT2D eigenvalue weighted by Gasteiger charge is -2.12. The zero-order chi connectivity index (χ0) is 12.6. The van der Waals surface area contributed by atoms with Crippen molar-refractivity contribution in [1.29, 1.82) is 0 Å². The molecule has 0 aliphatic heterocycles. The Hall–Kier alpha value is -1.24. The van der Waals surface area contributed by atoms with Crippen LogP contribution >= 0.6 is 0 Å². The van der Waals surface area contributed by atoms with Crippen LogP contribution in [-0.4, -0.2) is 4.57 Å². The van der Waals surface area contributed by atoms with Gasteiger partial charge in [0.1, 0.15) is 0 Å². The number of hydrogen-bond acceptors (Lipinski definition) is 0. The molecule has 0 aliphatic carbocycles. The van der Waals surface area contributed by atoms with Gasteiger partial charge in [-0.15, -0.1) is 0 Å². The van der Waals surface area contributed by atoms with Crippen LogP contribution in [-0.2, 0) is 13.5 Å². The minimum absolute atomic E-state index is 0.592. The number of para-hydroxylation sites is 1. The summed E-state index contributed by atoms with van der Waals surface area (Å²) in [6.07, 6.45) is 1.17. The second kappa shape index (κ2) is 4.56. The summed E-state index contributed by atoms with van der Waals surface area (Å²) in [7, 11) is 2.20. The minimum Gasteiger partial charge on any atom is -0.347 e. The van der Waals surface area contributed by atoms with Gasteiger partial charge in [0.15, 0.2) is 0 Å². The van der Waals surface area contributed by atoms with Crippen molar-refractivity contribution >= 4 is 10.9 Å². The second-order valence-electron chi connectivity index (χ2n) is 5.69. The number of benzene rings is 1. The van der Waals surface area contributed by atoms with Crippen molar-refractivity contribution in [3.63, 3.8) is 0 Å². The van der Waals surface area contributed by atoms with Crippen molar-refractivity contribution in [1.82, 2.24) is 4.57 Å². The molecule has 0 fully saturated rings. The normalized spacial score (nSPS) is 11.9. The third kappa shape index (κ3) is 2.11. The molecule has 2 aromatic rings. The van der Waals surface area contributed by atoms with Crippen LogP contribution in [0.4, 0.5) is 0 Å². The van der Waals surface area contributed by atoms with E-state index >= 15 is 0 Å². The second-order valence-corrected chi connectivity index (χ2v) is 5.69. The summed E-state index contributed by atoms with van der Waals surface area (Å²) < 4.78 is 2.38. The standard InChI is InChI=1S/C16H23N/c1-11(2)10-15-16(12(3)4)13-8-6-7-9-14(13)17(15)5/h6-9,11-12H,10H2,1-5H3. The first-order chi connectivity index (χ1) is 8.02. The Bertz CT molecular complexity index is 518. The Morgan fingerprint density at radius 2 is 1.71 bits per heavy atom. The maximum Gasteiger partial charge on any atom is 0.0482 e. The van der Waals surface area contributed by atoms with Crippen LogP contribution < -0.4 is 0 Å². The van der Waals surface area contributed by atoms with E-state index in [9.17, 15) is 0 Å². The summed E-state index contributed by atoms with van der Waals surface area (Å²) in [6, 6.07) is 8.76. The van der Waals surface area contributed by atoms with E-state index in [0.29, 0.717) is 11.8 Å². The van der Waals surface area contributed by atoms with Crippen LogP contribution in [0.15, 0.2) is 24.3 Å². The average molecular weight is 229 g/mol.